The van der Waals surface area contributed by atoms with E-state index < -0.39 is 2.50 Å². The Balaban J connectivity index is 0.000000336. The standard InChI is InChI=1S/C8H10FN.4HI.Sn/c9-8-4-2-1-3-7(8)5-6-10;;;;;/h1-4H,5-6,10H2;4*1H;/q;;;;;+4/p-4. The summed E-state index contributed by atoms with van der Waals surface area (Å²) >= 11 is 10.2. The van der Waals surface area contributed by atoms with Crippen LogP contribution in [0.3, 0.4) is 0 Å². The van der Waals surface area contributed by atoms with Crippen molar-refractivity contribution in [1.82, 2.24) is 0 Å². The molecule has 0 fully saturated rings. The van der Waals surface area contributed by atoms with E-state index in [1.165, 1.54) is 6.07 Å². The normalized spacial score (nSPS) is 10.5. The van der Waals surface area contributed by atoms with Crippen molar-refractivity contribution in [3.8, 4) is 0 Å². The Kier molecular flexibility index (Phi) is 11.6. The van der Waals surface area contributed by atoms with E-state index in [0.29, 0.717) is 18.5 Å². The van der Waals surface area contributed by atoms with E-state index in [9.17, 15) is 4.39 Å². The average molecular weight is 766 g/mol. The van der Waals surface area contributed by atoms with Crippen molar-refractivity contribution >= 4 is 77.0 Å². The molecule has 0 saturated heterocycles. The Morgan fingerprint density at radius 1 is 1.13 bits per heavy atom. The van der Waals surface area contributed by atoms with Gasteiger partial charge in [-0.2, -0.15) is 0 Å². The van der Waals surface area contributed by atoms with Gasteiger partial charge in [0.05, 0.1) is 0 Å². The quantitative estimate of drug-likeness (QED) is 0.349. The summed E-state index contributed by atoms with van der Waals surface area (Å²) in [5, 5.41) is 0. The second-order valence-electron chi connectivity index (χ2n) is 2.56. The predicted octanol–water partition coefficient (Wildman–Crippen LogP) is 4.49. The van der Waals surface area contributed by atoms with Crippen LogP contribution in [0, 0.1) is 5.82 Å². The molecule has 0 aliphatic carbocycles. The molecule has 1 rings (SSSR count). The number of hydrogen-bond donors (Lipinski definition) is 1. The summed E-state index contributed by atoms with van der Waals surface area (Å²) in [7, 11) is 0. The Morgan fingerprint density at radius 3 is 2.00 bits per heavy atom. The fourth-order valence-electron chi connectivity index (χ4n) is 0.857. The first-order valence-corrected chi connectivity index (χ1v) is 37.3. The van der Waals surface area contributed by atoms with Crippen LogP contribution in [0.4, 0.5) is 4.39 Å². The summed E-state index contributed by atoms with van der Waals surface area (Å²) in [5.41, 5.74) is 5.96. The van der Waals surface area contributed by atoms with Gasteiger partial charge in [-0.3, -0.25) is 0 Å². The second-order valence-corrected chi connectivity index (χ2v) is 132. The zero-order valence-corrected chi connectivity index (χ0v) is 19.2. The zero-order chi connectivity index (χ0) is 11.9. The molecule has 0 aromatic heterocycles. The fourth-order valence-corrected chi connectivity index (χ4v) is 0.857. The van der Waals surface area contributed by atoms with Crippen molar-refractivity contribution in [3.05, 3.63) is 35.6 Å². The van der Waals surface area contributed by atoms with Crippen LogP contribution in [-0.2, 0) is 6.42 Å². The summed E-state index contributed by atoms with van der Waals surface area (Å²) in [6.45, 7) is 0.501. The van der Waals surface area contributed by atoms with Crippen LogP contribution in [-0.4, -0.2) is 9.05 Å². The Morgan fingerprint density at radius 2 is 1.60 bits per heavy atom. The molecule has 86 valence electrons. The van der Waals surface area contributed by atoms with Gasteiger partial charge in [-0.05, 0) is 24.6 Å². The van der Waals surface area contributed by atoms with Gasteiger partial charge in [0.15, 0.2) is 0 Å². The summed E-state index contributed by atoms with van der Waals surface area (Å²) in [4.78, 5) is 0. The Labute approximate surface area is 133 Å². The van der Waals surface area contributed by atoms with Gasteiger partial charge in [0.2, 0.25) is 0 Å². The third-order valence-corrected chi connectivity index (χ3v) is 1.37. The van der Waals surface area contributed by atoms with Crippen LogP contribution >= 0.6 is 74.5 Å². The average Bonchev–Trinajstić information content (AvgIpc) is 2.06. The molecule has 1 nitrogen and oxygen atoms in total. The number of halogens is 5. The monoisotopic (exact) mass is 767 g/mol. The van der Waals surface area contributed by atoms with Crippen molar-refractivity contribution in [1.29, 1.82) is 0 Å². The third kappa shape index (κ3) is 13.1. The van der Waals surface area contributed by atoms with Crippen molar-refractivity contribution in [2.75, 3.05) is 6.54 Å². The van der Waals surface area contributed by atoms with Crippen LogP contribution in [0.15, 0.2) is 24.3 Å². The maximum absolute atomic E-state index is 12.7. The molecule has 0 aliphatic rings. The predicted molar refractivity (Wildman–Crippen MR) is 101 cm³/mol. The van der Waals surface area contributed by atoms with E-state index in [4.69, 9.17) is 5.73 Å². The van der Waals surface area contributed by atoms with E-state index in [1.54, 1.807) is 12.1 Å². The molecule has 0 saturated carbocycles. The van der Waals surface area contributed by atoms with Gasteiger partial charge in [0.1, 0.15) is 5.82 Å². The van der Waals surface area contributed by atoms with Crippen LogP contribution in [0.1, 0.15) is 5.56 Å². The van der Waals surface area contributed by atoms with Crippen LogP contribution in [0.5, 0.6) is 0 Å². The van der Waals surface area contributed by atoms with Gasteiger partial charge in [-0.1, -0.05) is 18.2 Å². The van der Waals surface area contributed by atoms with E-state index in [2.05, 4.69) is 74.5 Å². The molecular weight excluding hydrogens is 755 g/mol. The first kappa shape index (κ1) is 17.8. The first-order chi connectivity index (χ1) is 6.84. The minimum absolute atomic E-state index is 0.159. The molecule has 0 heterocycles. The summed E-state index contributed by atoms with van der Waals surface area (Å²) < 4.78 is 11.4. The zero-order valence-electron chi connectivity index (χ0n) is 7.69. The maximum atomic E-state index is 12.7. The van der Waals surface area contributed by atoms with Crippen molar-refractivity contribution in [2.24, 2.45) is 5.73 Å². The molecule has 0 amide bonds. The first-order valence-electron chi connectivity index (χ1n) is 4.03. The van der Waals surface area contributed by atoms with Gasteiger partial charge in [0.25, 0.3) is 0 Å². The van der Waals surface area contributed by atoms with E-state index in [-0.39, 0.29) is 5.82 Å². The Hall–Kier alpha value is 2.83. The van der Waals surface area contributed by atoms with Gasteiger partial charge in [-0.15, -0.1) is 0 Å². The molecule has 0 atom stereocenters. The third-order valence-electron chi connectivity index (χ3n) is 1.37. The van der Waals surface area contributed by atoms with Crippen molar-refractivity contribution in [3.63, 3.8) is 0 Å². The molecule has 1 aromatic rings. The molecular formula is C8H10FI4NSn. The van der Waals surface area contributed by atoms with Gasteiger partial charge in [0, 0.05) is 0 Å². The molecule has 0 spiro atoms. The van der Waals surface area contributed by atoms with Crippen LogP contribution < -0.4 is 5.73 Å². The molecule has 0 bridgehead atoms. The minimum atomic E-state index is -1.30. The summed E-state index contributed by atoms with van der Waals surface area (Å²) in [6.07, 6.45) is 0.618. The molecule has 15 heavy (non-hydrogen) atoms. The van der Waals surface area contributed by atoms with Crippen molar-refractivity contribution < 1.29 is 4.39 Å². The van der Waals surface area contributed by atoms with Gasteiger partial charge >= 0.3 is 77.0 Å². The summed E-state index contributed by atoms with van der Waals surface area (Å²) in [6, 6.07) is 6.69. The van der Waals surface area contributed by atoms with E-state index >= 15 is 0 Å². The number of nitrogens with two attached hydrogens (primary N) is 1. The molecule has 0 radical (unpaired) electrons. The SMILES string of the molecule is NCCc1ccccc1F.[I][Sn]([I])([I])[I]. The summed E-state index contributed by atoms with van der Waals surface area (Å²) in [5.74, 6) is -0.159. The van der Waals surface area contributed by atoms with Gasteiger partial charge < -0.3 is 5.73 Å². The second kappa shape index (κ2) is 9.72. The van der Waals surface area contributed by atoms with Crippen molar-refractivity contribution in [2.45, 2.75) is 6.42 Å². The van der Waals surface area contributed by atoms with Gasteiger partial charge in [-0.25, -0.2) is 4.39 Å². The molecule has 0 unspecified atom stereocenters. The van der Waals surface area contributed by atoms with E-state index in [1.807, 2.05) is 6.07 Å². The topological polar surface area (TPSA) is 26.0 Å². The molecule has 0 aliphatic heterocycles. The van der Waals surface area contributed by atoms with Crippen LogP contribution in [0.25, 0.3) is 0 Å². The van der Waals surface area contributed by atoms with E-state index in [0.717, 1.165) is 0 Å². The number of benzene rings is 1. The number of hydrogen-bond acceptors (Lipinski definition) is 1. The Bertz CT molecular complexity index is 286. The van der Waals surface area contributed by atoms with Crippen LogP contribution in [0.2, 0.25) is 0 Å². The molecule has 2 N–H and O–H groups in total. The molecule has 1 aromatic carbocycles. The number of rotatable bonds is 2. The fraction of sp³-hybridized carbons (Fsp3) is 0.250. The molecule has 7 heteroatoms.